The van der Waals surface area contributed by atoms with Gasteiger partial charge in [-0.2, -0.15) is 0 Å². The Balaban J connectivity index is 2.77. The molecule has 5 heteroatoms. The van der Waals surface area contributed by atoms with Crippen LogP contribution in [0.3, 0.4) is 0 Å². The topological polar surface area (TPSA) is 83.5 Å². The first kappa shape index (κ1) is 12.9. The van der Waals surface area contributed by atoms with E-state index in [0.29, 0.717) is 6.42 Å². The monoisotopic (exact) mass is 241 g/mol. The van der Waals surface area contributed by atoms with Gasteiger partial charge in [-0.05, 0) is 24.6 Å². The molecular formula is C11H15NO3S. The number of carbonyl (C=O) groups is 1. The Morgan fingerprint density at radius 1 is 1.56 bits per heavy atom. The van der Waals surface area contributed by atoms with E-state index < -0.39 is 5.97 Å². The van der Waals surface area contributed by atoms with Gasteiger partial charge in [0.25, 0.3) is 0 Å². The highest BCUT2D eigenvalue weighted by molar-refractivity contribution is 7.99. The summed E-state index contributed by atoms with van der Waals surface area (Å²) in [7, 11) is 0. The number of benzene rings is 1. The van der Waals surface area contributed by atoms with Gasteiger partial charge in [0.05, 0.1) is 5.56 Å². The van der Waals surface area contributed by atoms with Gasteiger partial charge in [-0.15, -0.1) is 11.8 Å². The number of nitrogen functional groups attached to an aromatic ring is 1. The van der Waals surface area contributed by atoms with Crippen molar-refractivity contribution in [1.82, 2.24) is 0 Å². The summed E-state index contributed by atoms with van der Waals surface area (Å²) < 4.78 is 0. The Morgan fingerprint density at radius 2 is 2.25 bits per heavy atom. The highest BCUT2D eigenvalue weighted by Gasteiger charge is 2.10. The molecule has 1 atom stereocenters. The van der Waals surface area contributed by atoms with Gasteiger partial charge < -0.3 is 15.9 Å². The van der Waals surface area contributed by atoms with Crippen LogP contribution in [0.4, 0.5) is 5.69 Å². The molecule has 0 heterocycles. The summed E-state index contributed by atoms with van der Waals surface area (Å²) in [5.74, 6) is -1.02. The summed E-state index contributed by atoms with van der Waals surface area (Å²) in [4.78, 5) is 11.7. The lowest BCUT2D eigenvalue weighted by molar-refractivity contribution is 0.0698. The molecule has 0 saturated heterocycles. The van der Waals surface area contributed by atoms with Crippen molar-refractivity contribution in [2.75, 3.05) is 12.3 Å². The van der Waals surface area contributed by atoms with Crippen molar-refractivity contribution < 1.29 is 15.0 Å². The number of nitrogens with two attached hydrogens (primary N) is 1. The Labute approximate surface area is 98.5 Å². The second-order valence-corrected chi connectivity index (χ2v) is 5.01. The molecule has 0 fully saturated rings. The first-order valence-electron chi connectivity index (χ1n) is 4.95. The second kappa shape index (κ2) is 5.77. The van der Waals surface area contributed by atoms with E-state index in [1.54, 1.807) is 23.9 Å². The van der Waals surface area contributed by atoms with Crippen molar-refractivity contribution in [2.45, 2.75) is 23.5 Å². The van der Waals surface area contributed by atoms with Gasteiger partial charge in [0.1, 0.15) is 0 Å². The van der Waals surface area contributed by atoms with E-state index in [9.17, 15) is 4.79 Å². The van der Waals surface area contributed by atoms with Gasteiger partial charge in [0.2, 0.25) is 0 Å². The van der Waals surface area contributed by atoms with Crippen LogP contribution in [0.15, 0.2) is 23.1 Å². The molecule has 0 radical (unpaired) electrons. The molecule has 88 valence electrons. The minimum absolute atomic E-state index is 0.124. The minimum atomic E-state index is -1.02. The summed E-state index contributed by atoms with van der Waals surface area (Å²) >= 11 is 1.57. The number of anilines is 1. The summed E-state index contributed by atoms with van der Waals surface area (Å²) in [6, 6.07) is 4.89. The maximum Gasteiger partial charge on any atom is 0.337 e. The molecule has 0 aliphatic heterocycles. The lowest BCUT2D eigenvalue weighted by atomic mass is 10.2. The Morgan fingerprint density at radius 3 is 2.75 bits per heavy atom. The second-order valence-electron chi connectivity index (χ2n) is 3.49. The van der Waals surface area contributed by atoms with E-state index in [-0.39, 0.29) is 23.1 Å². The van der Waals surface area contributed by atoms with Crippen LogP contribution in [0.2, 0.25) is 0 Å². The zero-order chi connectivity index (χ0) is 12.1. The number of thioether (sulfide) groups is 1. The highest BCUT2D eigenvalue weighted by atomic mass is 32.2. The summed E-state index contributed by atoms with van der Waals surface area (Å²) in [6.07, 6.45) is 0.700. The largest absolute Gasteiger partial charge is 0.478 e. The van der Waals surface area contributed by atoms with Crippen LogP contribution in [-0.2, 0) is 0 Å². The summed E-state index contributed by atoms with van der Waals surface area (Å²) in [5, 5.41) is 17.9. The molecule has 1 rings (SSSR count). The third-order valence-electron chi connectivity index (χ3n) is 2.13. The summed E-state index contributed by atoms with van der Waals surface area (Å²) in [5.41, 5.74) is 6.02. The maximum atomic E-state index is 10.7. The van der Waals surface area contributed by atoms with Crippen molar-refractivity contribution in [3.63, 3.8) is 0 Å². The molecule has 0 aromatic heterocycles. The molecule has 1 unspecified atom stereocenters. The molecule has 4 N–H and O–H groups in total. The number of carboxylic acid groups (broad SMARTS) is 1. The van der Waals surface area contributed by atoms with Gasteiger partial charge in [-0.3, -0.25) is 0 Å². The molecule has 0 saturated carbocycles. The molecule has 16 heavy (non-hydrogen) atoms. The van der Waals surface area contributed by atoms with Gasteiger partial charge in [-0.1, -0.05) is 6.92 Å². The number of carboxylic acids is 1. The first-order valence-corrected chi connectivity index (χ1v) is 5.83. The third kappa shape index (κ3) is 3.43. The lowest BCUT2D eigenvalue weighted by Crippen LogP contribution is -2.03. The van der Waals surface area contributed by atoms with Crippen molar-refractivity contribution in [2.24, 2.45) is 0 Å². The molecule has 0 amide bonds. The van der Waals surface area contributed by atoms with Crippen LogP contribution < -0.4 is 5.73 Å². The third-order valence-corrected chi connectivity index (χ3v) is 3.29. The molecular weight excluding hydrogens is 226 g/mol. The fraction of sp³-hybridized carbons (Fsp3) is 0.364. The van der Waals surface area contributed by atoms with Gasteiger partial charge in [-0.25, -0.2) is 4.79 Å². The number of aliphatic hydroxyl groups is 1. The number of rotatable bonds is 5. The van der Waals surface area contributed by atoms with Crippen molar-refractivity contribution in [3.05, 3.63) is 23.8 Å². The average Bonchev–Trinajstić information content (AvgIpc) is 2.17. The molecule has 0 spiro atoms. The van der Waals surface area contributed by atoms with Gasteiger partial charge in [0, 0.05) is 22.4 Å². The lowest BCUT2D eigenvalue weighted by Gasteiger charge is -2.10. The van der Waals surface area contributed by atoms with Crippen molar-refractivity contribution >= 4 is 23.4 Å². The average molecular weight is 241 g/mol. The molecule has 0 aliphatic rings. The maximum absolute atomic E-state index is 10.7. The van der Waals surface area contributed by atoms with E-state index in [0.717, 1.165) is 4.90 Å². The Hall–Kier alpha value is -1.20. The van der Waals surface area contributed by atoms with Crippen molar-refractivity contribution in [1.29, 1.82) is 0 Å². The Kier molecular flexibility index (Phi) is 4.64. The van der Waals surface area contributed by atoms with Gasteiger partial charge >= 0.3 is 5.97 Å². The zero-order valence-corrected chi connectivity index (χ0v) is 9.83. The number of aromatic carboxylic acids is 1. The van der Waals surface area contributed by atoms with Crippen LogP contribution in [0.1, 0.15) is 23.7 Å². The van der Waals surface area contributed by atoms with E-state index >= 15 is 0 Å². The van der Waals surface area contributed by atoms with E-state index in [2.05, 4.69) is 0 Å². The van der Waals surface area contributed by atoms with Crippen LogP contribution in [0.5, 0.6) is 0 Å². The molecule has 4 nitrogen and oxygen atoms in total. The number of hydrogen-bond acceptors (Lipinski definition) is 4. The fourth-order valence-electron chi connectivity index (χ4n) is 1.28. The molecule has 0 bridgehead atoms. The predicted octanol–water partition coefficient (Wildman–Crippen LogP) is 1.83. The van der Waals surface area contributed by atoms with E-state index in [1.165, 1.54) is 6.07 Å². The van der Waals surface area contributed by atoms with E-state index in [1.807, 2.05) is 6.92 Å². The normalized spacial score (nSPS) is 12.4. The standard InChI is InChI=1S/C11H15NO3S/c1-7(4-5-13)16-8-2-3-9(11(14)15)10(12)6-8/h2-3,6-7,13H,4-5,12H2,1H3,(H,14,15). The van der Waals surface area contributed by atoms with E-state index in [4.69, 9.17) is 15.9 Å². The van der Waals surface area contributed by atoms with Crippen molar-refractivity contribution in [3.8, 4) is 0 Å². The quantitative estimate of drug-likeness (QED) is 0.541. The smallest absolute Gasteiger partial charge is 0.337 e. The van der Waals surface area contributed by atoms with Crippen LogP contribution in [-0.4, -0.2) is 28.0 Å². The summed E-state index contributed by atoms with van der Waals surface area (Å²) in [6.45, 7) is 2.15. The Bertz CT molecular complexity index is 381. The molecule has 1 aromatic rings. The molecule has 1 aromatic carbocycles. The highest BCUT2D eigenvalue weighted by Crippen LogP contribution is 2.27. The van der Waals surface area contributed by atoms with Crippen LogP contribution >= 0.6 is 11.8 Å². The fourth-order valence-corrected chi connectivity index (χ4v) is 2.31. The predicted molar refractivity (Wildman–Crippen MR) is 64.8 cm³/mol. The van der Waals surface area contributed by atoms with Crippen LogP contribution in [0, 0.1) is 0 Å². The first-order chi connectivity index (χ1) is 7.54. The molecule has 0 aliphatic carbocycles. The van der Waals surface area contributed by atoms with Gasteiger partial charge in [0.15, 0.2) is 0 Å². The number of hydrogen-bond donors (Lipinski definition) is 3. The zero-order valence-electron chi connectivity index (χ0n) is 9.01. The minimum Gasteiger partial charge on any atom is -0.478 e. The number of aliphatic hydroxyl groups excluding tert-OH is 1. The van der Waals surface area contributed by atoms with Crippen LogP contribution in [0.25, 0.3) is 0 Å². The SMILES string of the molecule is CC(CCO)Sc1ccc(C(=O)O)c(N)c1.